The Hall–Kier alpha value is -3.69. The van der Waals surface area contributed by atoms with Crippen LogP contribution in [0.4, 0.5) is 0 Å². The molecule has 0 radical (unpaired) electrons. The zero-order chi connectivity index (χ0) is 25.8. The van der Waals surface area contributed by atoms with Gasteiger partial charge in [-0.2, -0.15) is 0 Å². The molecular formula is C36H30AsP. The first-order chi connectivity index (χ1) is 18.9. The second kappa shape index (κ2) is 13.7. The van der Waals surface area contributed by atoms with Crippen LogP contribution < -0.4 is 29.0 Å². The SMILES string of the molecule is c1ccc(P(c2ccccc2)c2ccccc2)cc1.c1ccc([As](c2ccccc2)c2ccccc2)cc1. The number of rotatable bonds is 6. The molecular weight excluding hydrogens is 538 g/mol. The van der Waals surface area contributed by atoms with Crippen molar-refractivity contribution in [3.8, 4) is 0 Å². The number of hydrogen-bond acceptors (Lipinski definition) is 0. The van der Waals surface area contributed by atoms with Crippen LogP contribution in [-0.2, 0) is 0 Å². The Kier molecular flexibility index (Phi) is 9.38. The van der Waals surface area contributed by atoms with E-state index in [4.69, 9.17) is 0 Å². The van der Waals surface area contributed by atoms with Crippen molar-refractivity contribution in [2.24, 2.45) is 0 Å². The van der Waals surface area contributed by atoms with Crippen molar-refractivity contribution in [2.75, 3.05) is 0 Å². The third kappa shape index (κ3) is 6.79. The molecule has 0 heterocycles. The van der Waals surface area contributed by atoms with Gasteiger partial charge >= 0.3 is 119 Å². The van der Waals surface area contributed by atoms with E-state index in [0.29, 0.717) is 0 Å². The Morgan fingerprint density at radius 3 is 0.711 bits per heavy atom. The average molecular weight is 569 g/mol. The summed E-state index contributed by atoms with van der Waals surface area (Å²) in [6, 6.07) is 65.0. The topological polar surface area (TPSA) is 0 Å². The Balaban J connectivity index is 0.000000155. The van der Waals surface area contributed by atoms with Crippen LogP contribution in [0.3, 0.4) is 0 Å². The summed E-state index contributed by atoms with van der Waals surface area (Å²) >= 11 is -1.39. The van der Waals surface area contributed by atoms with Crippen molar-refractivity contribution < 1.29 is 0 Å². The van der Waals surface area contributed by atoms with Crippen molar-refractivity contribution in [2.45, 2.75) is 0 Å². The van der Waals surface area contributed by atoms with Gasteiger partial charge in [0.1, 0.15) is 0 Å². The molecule has 38 heavy (non-hydrogen) atoms. The maximum absolute atomic E-state index is 2.26. The fraction of sp³-hybridized carbons (Fsp3) is 0. The molecule has 0 fully saturated rings. The standard InChI is InChI=1S/C18H15As.C18H15P/c2*1-4-10-16(11-5-1)19(17-12-6-2-7-13-17)18-14-8-3-9-15-18/h2*1-15H. The van der Waals surface area contributed by atoms with Gasteiger partial charge in [-0.3, -0.25) is 0 Å². The molecule has 0 aliphatic rings. The van der Waals surface area contributed by atoms with Gasteiger partial charge in [0.2, 0.25) is 0 Å². The van der Waals surface area contributed by atoms with Crippen LogP contribution in [0.2, 0.25) is 0 Å². The molecule has 0 atom stereocenters. The molecule has 2 heteroatoms. The van der Waals surface area contributed by atoms with E-state index in [1.165, 1.54) is 29.0 Å². The molecule has 0 unspecified atom stereocenters. The molecule has 0 N–H and O–H groups in total. The van der Waals surface area contributed by atoms with E-state index in [-0.39, 0.29) is 0 Å². The van der Waals surface area contributed by atoms with Gasteiger partial charge in [-0.05, 0) is 23.8 Å². The van der Waals surface area contributed by atoms with E-state index >= 15 is 0 Å². The van der Waals surface area contributed by atoms with Crippen LogP contribution in [-0.4, -0.2) is 14.7 Å². The summed E-state index contributed by atoms with van der Waals surface area (Å²) in [5, 5.41) is 4.19. The molecule has 6 aromatic carbocycles. The van der Waals surface area contributed by atoms with Gasteiger partial charge in [0.15, 0.2) is 0 Å². The number of benzene rings is 6. The van der Waals surface area contributed by atoms with E-state index in [9.17, 15) is 0 Å². The molecule has 0 saturated carbocycles. The molecule has 0 aliphatic carbocycles. The van der Waals surface area contributed by atoms with E-state index in [1.807, 2.05) is 0 Å². The van der Waals surface area contributed by atoms with Crippen molar-refractivity contribution in [3.63, 3.8) is 0 Å². The summed E-state index contributed by atoms with van der Waals surface area (Å²) in [5.74, 6) is 0. The van der Waals surface area contributed by atoms with Gasteiger partial charge < -0.3 is 0 Å². The molecule has 0 spiro atoms. The minimum atomic E-state index is -1.39. The second-order valence-electron chi connectivity index (χ2n) is 8.68. The van der Waals surface area contributed by atoms with Crippen LogP contribution in [0.5, 0.6) is 0 Å². The summed E-state index contributed by atoms with van der Waals surface area (Å²) in [6.45, 7) is 0. The zero-order valence-electron chi connectivity index (χ0n) is 21.2. The predicted octanol–water partition coefficient (Wildman–Crippen LogP) is 5.65. The molecule has 0 aromatic heterocycles. The Bertz CT molecular complexity index is 1170. The quantitative estimate of drug-likeness (QED) is 0.180. The van der Waals surface area contributed by atoms with Gasteiger partial charge in [0.05, 0.1) is 0 Å². The molecule has 6 rings (SSSR count). The summed E-state index contributed by atoms with van der Waals surface area (Å²) < 4.78 is 4.44. The van der Waals surface area contributed by atoms with Crippen LogP contribution in [0.15, 0.2) is 182 Å². The summed E-state index contributed by atoms with van der Waals surface area (Å²) in [7, 11) is -0.446. The van der Waals surface area contributed by atoms with Gasteiger partial charge in [-0.15, -0.1) is 0 Å². The molecule has 6 aromatic rings. The first-order valence-electron chi connectivity index (χ1n) is 12.8. The Labute approximate surface area is 232 Å². The van der Waals surface area contributed by atoms with Crippen molar-refractivity contribution in [3.05, 3.63) is 182 Å². The molecule has 184 valence electrons. The summed E-state index contributed by atoms with van der Waals surface area (Å²) in [5.41, 5.74) is 0. The summed E-state index contributed by atoms with van der Waals surface area (Å²) in [4.78, 5) is 0. The van der Waals surface area contributed by atoms with Crippen LogP contribution in [0.1, 0.15) is 0 Å². The average Bonchev–Trinajstić information content (AvgIpc) is 3.01. The molecule has 0 aliphatic heterocycles. The molecule has 0 amide bonds. The third-order valence-corrected chi connectivity index (χ3v) is 13.7. The summed E-state index contributed by atoms with van der Waals surface area (Å²) in [6.07, 6.45) is 0. The van der Waals surface area contributed by atoms with Gasteiger partial charge in [0.25, 0.3) is 0 Å². The number of hydrogen-bond donors (Lipinski definition) is 0. The third-order valence-electron chi connectivity index (χ3n) is 6.09. The monoisotopic (exact) mass is 568 g/mol. The normalized spacial score (nSPS) is 10.6. The van der Waals surface area contributed by atoms with Crippen molar-refractivity contribution in [1.82, 2.24) is 0 Å². The molecule has 0 nitrogen and oxygen atoms in total. The maximum atomic E-state index is 2.26. The fourth-order valence-electron chi connectivity index (χ4n) is 4.36. The second-order valence-corrected chi connectivity index (χ2v) is 15.6. The first kappa shape index (κ1) is 25.9. The van der Waals surface area contributed by atoms with Crippen LogP contribution in [0.25, 0.3) is 0 Å². The minimum absolute atomic E-state index is 0.446. The molecule has 0 saturated heterocycles. The van der Waals surface area contributed by atoms with Crippen molar-refractivity contribution in [1.29, 1.82) is 0 Å². The van der Waals surface area contributed by atoms with Gasteiger partial charge in [-0.25, -0.2) is 0 Å². The van der Waals surface area contributed by atoms with Gasteiger partial charge in [-0.1, -0.05) is 91.0 Å². The van der Waals surface area contributed by atoms with Crippen LogP contribution in [0, 0.1) is 0 Å². The van der Waals surface area contributed by atoms with E-state index < -0.39 is 22.6 Å². The van der Waals surface area contributed by atoms with Crippen molar-refractivity contribution >= 4 is 51.5 Å². The van der Waals surface area contributed by atoms with Crippen LogP contribution >= 0.6 is 7.92 Å². The Morgan fingerprint density at radius 2 is 0.474 bits per heavy atom. The zero-order valence-corrected chi connectivity index (χ0v) is 24.0. The van der Waals surface area contributed by atoms with E-state index in [1.54, 1.807) is 0 Å². The Morgan fingerprint density at radius 1 is 0.263 bits per heavy atom. The molecule has 0 bridgehead atoms. The van der Waals surface area contributed by atoms with E-state index in [0.717, 1.165) is 0 Å². The van der Waals surface area contributed by atoms with Gasteiger partial charge in [0, 0.05) is 0 Å². The fourth-order valence-corrected chi connectivity index (χ4v) is 11.5. The predicted molar refractivity (Wildman–Crippen MR) is 169 cm³/mol. The first-order valence-corrected chi connectivity index (χ1v) is 17.0. The van der Waals surface area contributed by atoms with E-state index in [2.05, 4.69) is 182 Å².